The van der Waals surface area contributed by atoms with Crippen molar-refractivity contribution >= 4 is 12.4 Å². The van der Waals surface area contributed by atoms with Gasteiger partial charge < -0.3 is 4.74 Å². The minimum atomic E-state index is -4.76. The van der Waals surface area contributed by atoms with Gasteiger partial charge in [-0.2, -0.15) is 10.2 Å². The summed E-state index contributed by atoms with van der Waals surface area (Å²) in [6.45, 7) is 1.99. The second-order valence-electron chi connectivity index (χ2n) is 5.68. The molecule has 0 spiro atoms. The first kappa shape index (κ1) is 20.5. The lowest BCUT2D eigenvalue weighted by Crippen LogP contribution is -2.16. The molecule has 0 amide bonds. The number of unbranched alkanes of at least 4 members (excludes halogenated alkanes) is 1. The van der Waals surface area contributed by atoms with E-state index < -0.39 is 18.0 Å². The van der Waals surface area contributed by atoms with E-state index >= 15 is 0 Å². The molecule has 144 valence electrons. The highest BCUT2D eigenvalue weighted by molar-refractivity contribution is 5.83. The minimum Gasteiger partial charge on any atom is -0.406 e. The van der Waals surface area contributed by atoms with Crippen LogP contribution >= 0.6 is 0 Å². The molecule has 0 atom stereocenters. The predicted octanol–water partition coefficient (Wildman–Crippen LogP) is 5.66. The summed E-state index contributed by atoms with van der Waals surface area (Å²) in [7, 11) is 0. The molecule has 0 radical (unpaired) electrons. The van der Waals surface area contributed by atoms with Crippen molar-refractivity contribution in [3.63, 3.8) is 0 Å². The summed E-state index contributed by atoms with van der Waals surface area (Å²) in [6.07, 6.45) is -0.229. The summed E-state index contributed by atoms with van der Waals surface area (Å²) in [5.74, 6) is -1.82. The highest BCUT2D eigenvalue weighted by atomic mass is 19.4. The summed E-state index contributed by atoms with van der Waals surface area (Å²) in [5.41, 5.74) is 0.715. The summed E-state index contributed by atoms with van der Waals surface area (Å²) < 4.78 is 67.9. The van der Waals surface area contributed by atoms with Crippen molar-refractivity contribution in [3.8, 4) is 5.75 Å². The number of ether oxygens (including phenoxy) is 1. The van der Waals surface area contributed by atoms with Crippen molar-refractivity contribution in [2.75, 3.05) is 0 Å². The molecule has 0 aliphatic carbocycles. The third-order valence-electron chi connectivity index (χ3n) is 3.53. The molecule has 0 aromatic heterocycles. The molecule has 2 aromatic carbocycles. The van der Waals surface area contributed by atoms with E-state index in [2.05, 4.69) is 14.9 Å². The van der Waals surface area contributed by atoms with Crippen LogP contribution in [-0.4, -0.2) is 18.8 Å². The maximum Gasteiger partial charge on any atom is 0.573 e. The van der Waals surface area contributed by atoms with Crippen LogP contribution in [0.1, 0.15) is 36.5 Å². The van der Waals surface area contributed by atoms with E-state index in [1.165, 1.54) is 30.5 Å². The first-order valence-electron chi connectivity index (χ1n) is 8.18. The van der Waals surface area contributed by atoms with Gasteiger partial charge in [0.15, 0.2) is 0 Å². The van der Waals surface area contributed by atoms with Crippen molar-refractivity contribution in [2.24, 2.45) is 10.2 Å². The van der Waals surface area contributed by atoms with Crippen molar-refractivity contribution in [3.05, 3.63) is 64.7 Å². The quantitative estimate of drug-likeness (QED) is 0.345. The topological polar surface area (TPSA) is 34.0 Å². The van der Waals surface area contributed by atoms with Crippen LogP contribution in [0.4, 0.5) is 22.0 Å². The molecule has 0 bridgehead atoms. The van der Waals surface area contributed by atoms with Gasteiger partial charge in [-0.05, 0) is 60.4 Å². The monoisotopic (exact) mass is 384 g/mol. The number of nitrogens with zero attached hydrogens (tertiary/aromatic N) is 2. The molecule has 2 aromatic rings. The standard InChI is InChI=1S/C19H17F5N2O/c1-2-3-4-14-9-17(20)16(18(21)10-14)12-26-25-11-13-5-7-15(8-6-13)27-19(22,23)24/h5-12H,2-4H2,1H3. The molecule has 0 unspecified atom stereocenters. The molecule has 0 aliphatic heterocycles. The molecule has 0 saturated carbocycles. The largest absolute Gasteiger partial charge is 0.573 e. The SMILES string of the molecule is CCCCc1cc(F)c(C=NN=Cc2ccc(OC(F)(F)F)cc2)c(F)c1. The highest BCUT2D eigenvalue weighted by Crippen LogP contribution is 2.22. The van der Waals surface area contributed by atoms with Gasteiger partial charge in [-0.25, -0.2) is 8.78 Å². The molecule has 2 rings (SSSR count). The van der Waals surface area contributed by atoms with E-state index in [9.17, 15) is 22.0 Å². The maximum absolute atomic E-state index is 14.0. The molecule has 0 N–H and O–H groups in total. The number of halogens is 5. The number of benzene rings is 2. The fraction of sp³-hybridized carbons (Fsp3) is 0.263. The van der Waals surface area contributed by atoms with Gasteiger partial charge in [-0.15, -0.1) is 13.2 Å². The molecule has 3 nitrogen and oxygen atoms in total. The Balaban J connectivity index is 2.02. The smallest absolute Gasteiger partial charge is 0.406 e. The van der Waals surface area contributed by atoms with E-state index in [1.54, 1.807) is 0 Å². The second kappa shape index (κ2) is 9.25. The second-order valence-corrected chi connectivity index (χ2v) is 5.68. The normalized spacial score (nSPS) is 12.2. The Labute approximate surface area is 153 Å². The van der Waals surface area contributed by atoms with E-state index in [0.29, 0.717) is 17.5 Å². The van der Waals surface area contributed by atoms with Crippen LogP contribution in [0.3, 0.4) is 0 Å². The van der Waals surface area contributed by atoms with Crippen LogP contribution in [0.25, 0.3) is 0 Å². The van der Waals surface area contributed by atoms with E-state index in [4.69, 9.17) is 0 Å². The lowest BCUT2D eigenvalue weighted by Gasteiger charge is -2.08. The molecule has 0 heterocycles. The Morgan fingerprint density at radius 1 is 0.963 bits per heavy atom. The molecular weight excluding hydrogens is 367 g/mol. The fourth-order valence-corrected chi connectivity index (χ4v) is 2.23. The third-order valence-corrected chi connectivity index (χ3v) is 3.53. The van der Waals surface area contributed by atoms with Gasteiger partial charge in [-0.1, -0.05) is 13.3 Å². The van der Waals surface area contributed by atoms with Crippen LogP contribution < -0.4 is 4.74 Å². The lowest BCUT2D eigenvalue weighted by atomic mass is 10.1. The molecular formula is C19H17F5N2O. The van der Waals surface area contributed by atoms with Gasteiger partial charge in [0.1, 0.15) is 17.4 Å². The van der Waals surface area contributed by atoms with Gasteiger partial charge >= 0.3 is 6.36 Å². The summed E-state index contributed by atoms with van der Waals surface area (Å²) in [5, 5.41) is 7.23. The molecule has 0 fully saturated rings. The van der Waals surface area contributed by atoms with Gasteiger partial charge in [-0.3, -0.25) is 0 Å². The highest BCUT2D eigenvalue weighted by Gasteiger charge is 2.30. The average molecular weight is 384 g/mol. The lowest BCUT2D eigenvalue weighted by molar-refractivity contribution is -0.274. The maximum atomic E-state index is 14.0. The van der Waals surface area contributed by atoms with Crippen molar-refractivity contribution in [1.82, 2.24) is 0 Å². The van der Waals surface area contributed by atoms with Crippen LogP contribution in [0, 0.1) is 11.6 Å². The van der Waals surface area contributed by atoms with Crippen LogP contribution in [-0.2, 0) is 6.42 Å². The zero-order valence-corrected chi connectivity index (χ0v) is 14.4. The molecule has 0 saturated heterocycles. The zero-order chi connectivity index (χ0) is 19.9. The van der Waals surface area contributed by atoms with Gasteiger partial charge in [0.2, 0.25) is 0 Å². The Kier molecular flexibility index (Phi) is 7.04. The summed E-state index contributed by atoms with van der Waals surface area (Å²) >= 11 is 0. The van der Waals surface area contributed by atoms with Gasteiger partial charge in [0, 0.05) is 0 Å². The van der Waals surface area contributed by atoms with Gasteiger partial charge in [0.05, 0.1) is 18.0 Å². The number of alkyl halides is 3. The third kappa shape index (κ3) is 6.80. The van der Waals surface area contributed by atoms with Crippen molar-refractivity contribution < 1.29 is 26.7 Å². The number of rotatable bonds is 7. The van der Waals surface area contributed by atoms with Crippen LogP contribution in [0.5, 0.6) is 5.75 Å². The van der Waals surface area contributed by atoms with E-state index in [-0.39, 0.29) is 11.3 Å². The Morgan fingerprint density at radius 2 is 1.56 bits per heavy atom. The average Bonchev–Trinajstić information content (AvgIpc) is 2.58. The number of aryl methyl sites for hydroxylation is 1. The van der Waals surface area contributed by atoms with Crippen molar-refractivity contribution in [1.29, 1.82) is 0 Å². The predicted molar refractivity (Wildman–Crippen MR) is 93.3 cm³/mol. The number of hydrogen-bond donors (Lipinski definition) is 0. The molecule has 27 heavy (non-hydrogen) atoms. The van der Waals surface area contributed by atoms with E-state index in [0.717, 1.165) is 31.2 Å². The first-order chi connectivity index (χ1) is 12.8. The Morgan fingerprint density at radius 3 is 2.11 bits per heavy atom. The minimum absolute atomic E-state index is 0.304. The summed E-state index contributed by atoms with van der Waals surface area (Å²) in [6, 6.07) is 7.44. The number of hydrogen-bond acceptors (Lipinski definition) is 3. The Hall–Kier alpha value is -2.77. The Bertz CT molecular complexity index is 791. The first-order valence-corrected chi connectivity index (χ1v) is 8.18. The van der Waals surface area contributed by atoms with Gasteiger partial charge in [0.25, 0.3) is 0 Å². The molecule has 8 heteroatoms. The van der Waals surface area contributed by atoms with Crippen LogP contribution in [0.2, 0.25) is 0 Å². The fourth-order valence-electron chi connectivity index (χ4n) is 2.23. The van der Waals surface area contributed by atoms with Crippen molar-refractivity contribution in [2.45, 2.75) is 32.5 Å². The molecule has 0 aliphatic rings. The summed E-state index contributed by atoms with van der Waals surface area (Å²) in [4.78, 5) is 0. The zero-order valence-electron chi connectivity index (χ0n) is 14.4. The van der Waals surface area contributed by atoms with Crippen LogP contribution in [0.15, 0.2) is 46.6 Å². The van der Waals surface area contributed by atoms with E-state index in [1.807, 2.05) is 6.92 Å².